The molecule has 33 heavy (non-hydrogen) atoms. The number of urea groups is 1. The molecule has 3 N–H and O–H groups in total. The van der Waals surface area contributed by atoms with Crippen LogP contribution in [0.1, 0.15) is 18.5 Å². The number of thiocarbonyl (C=S) groups is 1. The molecular weight excluding hydrogens is 508 g/mol. The predicted molar refractivity (Wildman–Crippen MR) is 135 cm³/mol. The number of anilines is 2. The van der Waals surface area contributed by atoms with Gasteiger partial charge in [-0.05, 0) is 64.9 Å². The SMILES string of the molecule is COCCOC(=O)C1=C(C)N(C)C(=S)NC1c1ccc(NC(=O)Nc2ccccc2Br)cc1. The molecule has 2 aromatic carbocycles. The van der Waals surface area contributed by atoms with Gasteiger partial charge < -0.3 is 30.3 Å². The van der Waals surface area contributed by atoms with E-state index in [1.54, 1.807) is 37.3 Å². The fourth-order valence-corrected chi connectivity index (χ4v) is 3.89. The Hall–Kier alpha value is -2.95. The first kappa shape index (κ1) is 24.7. The van der Waals surface area contributed by atoms with Gasteiger partial charge in [0.15, 0.2) is 5.11 Å². The Balaban J connectivity index is 1.76. The second kappa shape index (κ2) is 11.3. The molecule has 8 nitrogen and oxygen atoms in total. The zero-order chi connectivity index (χ0) is 24.0. The van der Waals surface area contributed by atoms with Crippen LogP contribution in [-0.4, -0.2) is 49.4 Å². The number of hydrogen-bond acceptors (Lipinski definition) is 5. The highest BCUT2D eigenvalue weighted by Gasteiger charge is 2.33. The third-order valence-electron chi connectivity index (χ3n) is 5.12. The van der Waals surface area contributed by atoms with Crippen molar-refractivity contribution in [2.75, 3.05) is 38.0 Å². The van der Waals surface area contributed by atoms with Crippen molar-refractivity contribution in [3.63, 3.8) is 0 Å². The molecule has 1 unspecified atom stereocenters. The first-order chi connectivity index (χ1) is 15.8. The molecule has 0 radical (unpaired) electrons. The van der Waals surface area contributed by atoms with Gasteiger partial charge in [-0.2, -0.15) is 0 Å². The van der Waals surface area contributed by atoms with E-state index in [0.717, 1.165) is 10.0 Å². The molecule has 0 saturated carbocycles. The Kier molecular flexibility index (Phi) is 8.43. The Morgan fingerprint density at radius 1 is 1.12 bits per heavy atom. The standard InChI is InChI=1S/C23H25BrN4O4S/c1-14-19(21(29)32-13-12-31-3)20(27-23(33)28(14)2)15-8-10-16(11-9-15)25-22(30)26-18-7-5-4-6-17(18)24/h4-11,20H,12-13H2,1-3H3,(H,27,33)(H2,25,26,30). The van der Waals surface area contributed by atoms with Crippen LogP contribution in [0.3, 0.4) is 0 Å². The van der Waals surface area contributed by atoms with Crippen molar-refractivity contribution >= 4 is 56.6 Å². The van der Waals surface area contributed by atoms with Crippen LogP contribution < -0.4 is 16.0 Å². The van der Waals surface area contributed by atoms with Gasteiger partial charge in [-0.1, -0.05) is 24.3 Å². The minimum Gasteiger partial charge on any atom is -0.460 e. The van der Waals surface area contributed by atoms with E-state index in [1.165, 1.54) is 0 Å². The monoisotopic (exact) mass is 532 g/mol. The van der Waals surface area contributed by atoms with E-state index in [0.29, 0.717) is 34.4 Å². The number of benzene rings is 2. The van der Waals surface area contributed by atoms with E-state index in [2.05, 4.69) is 31.9 Å². The molecule has 1 aliphatic rings. The van der Waals surface area contributed by atoms with Crippen molar-refractivity contribution in [1.82, 2.24) is 10.2 Å². The number of ether oxygens (including phenoxy) is 2. The summed E-state index contributed by atoms with van der Waals surface area (Å²) in [5.74, 6) is -0.439. The summed E-state index contributed by atoms with van der Waals surface area (Å²) in [6.07, 6.45) is 0. The van der Waals surface area contributed by atoms with Crippen molar-refractivity contribution in [1.29, 1.82) is 0 Å². The number of rotatable bonds is 7. The fraction of sp³-hybridized carbons (Fsp3) is 0.261. The van der Waals surface area contributed by atoms with Gasteiger partial charge >= 0.3 is 12.0 Å². The molecule has 0 aliphatic carbocycles. The third-order valence-corrected chi connectivity index (χ3v) is 6.20. The van der Waals surface area contributed by atoms with Crippen LogP contribution in [0.25, 0.3) is 0 Å². The molecule has 1 aliphatic heterocycles. The largest absolute Gasteiger partial charge is 0.460 e. The Labute approximate surface area is 206 Å². The van der Waals surface area contributed by atoms with E-state index < -0.39 is 12.0 Å². The first-order valence-electron chi connectivity index (χ1n) is 10.2. The maximum atomic E-state index is 12.8. The predicted octanol–water partition coefficient (Wildman–Crippen LogP) is 4.42. The number of nitrogens with zero attached hydrogens (tertiary/aromatic N) is 1. The minimum atomic E-state index is -0.480. The van der Waals surface area contributed by atoms with Crippen molar-refractivity contribution < 1.29 is 19.1 Å². The number of amides is 2. The lowest BCUT2D eigenvalue weighted by atomic mass is 9.95. The Morgan fingerprint density at radius 3 is 2.48 bits per heavy atom. The molecule has 0 fully saturated rings. The van der Waals surface area contributed by atoms with E-state index >= 15 is 0 Å². The van der Waals surface area contributed by atoms with Gasteiger partial charge in [0.25, 0.3) is 0 Å². The summed E-state index contributed by atoms with van der Waals surface area (Å²) >= 11 is 8.83. The highest BCUT2D eigenvalue weighted by atomic mass is 79.9. The maximum Gasteiger partial charge on any atom is 0.338 e. The molecular formula is C23H25BrN4O4S. The van der Waals surface area contributed by atoms with Crippen LogP contribution in [0.5, 0.6) is 0 Å². The summed E-state index contributed by atoms with van der Waals surface area (Å²) in [6, 6.07) is 13.7. The van der Waals surface area contributed by atoms with Crippen molar-refractivity contribution in [3.05, 3.63) is 69.8 Å². The summed E-state index contributed by atoms with van der Waals surface area (Å²) < 4.78 is 11.1. The van der Waals surface area contributed by atoms with Gasteiger partial charge in [-0.25, -0.2) is 9.59 Å². The average molecular weight is 533 g/mol. The van der Waals surface area contributed by atoms with Gasteiger partial charge in [0, 0.05) is 30.0 Å². The number of hydrogen-bond donors (Lipinski definition) is 3. The number of methoxy groups -OCH3 is 1. The van der Waals surface area contributed by atoms with Gasteiger partial charge in [-0.3, -0.25) is 0 Å². The molecule has 174 valence electrons. The summed E-state index contributed by atoms with van der Waals surface area (Å²) in [5.41, 5.74) is 3.24. The van der Waals surface area contributed by atoms with E-state index in [1.807, 2.05) is 37.3 Å². The smallest absolute Gasteiger partial charge is 0.338 e. The van der Waals surface area contributed by atoms with Gasteiger partial charge in [-0.15, -0.1) is 0 Å². The number of carbonyl (C=O) groups excluding carboxylic acids is 2. The first-order valence-corrected chi connectivity index (χ1v) is 11.4. The van der Waals surface area contributed by atoms with Crippen molar-refractivity contribution in [2.45, 2.75) is 13.0 Å². The van der Waals surface area contributed by atoms with Crippen LogP contribution in [0, 0.1) is 0 Å². The van der Waals surface area contributed by atoms with Gasteiger partial charge in [0.1, 0.15) is 6.61 Å². The molecule has 0 aromatic heterocycles. The number of esters is 1. The fourth-order valence-electron chi connectivity index (χ4n) is 3.25. The Bertz CT molecular complexity index is 1070. The van der Waals surface area contributed by atoms with Crippen molar-refractivity contribution in [2.24, 2.45) is 0 Å². The van der Waals surface area contributed by atoms with E-state index in [-0.39, 0.29) is 12.6 Å². The highest BCUT2D eigenvalue weighted by Crippen LogP contribution is 2.31. The van der Waals surface area contributed by atoms with Crippen LogP contribution in [0.2, 0.25) is 0 Å². The maximum absolute atomic E-state index is 12.8. The van der Waals surface area contributed by atoms with Gasteiger partial charge in [0.2, 0.25) is 0 Å². The number of halogens is 1. The zero-order valence-corrected chi connectivity index (χ0v) is 20.9. The number of para-hydroxylation sites is 1. The molecule has 0 bridgehead atoms. The van der Waals surface area contributed by atoms with Crippen LogP contribution in [-0.2, 0) is 14.3 Å². The second-order valence-corrected chi connectivity index (χ2v) is 8.49. The lowest BCUT2D eigenvalue weighted by molar-refractivity contribution is -0.140. The quantitative estimate of drug-likeness (QED) is 0.276. The van der Waals surface area contributed by atoms with Crippen LogP contribution in [0.4, 0.5) is 16.2 Å². The summed E-state index contributed by atoms with van der Waals surface area (Å²) in [5, 5.41) is 9.28. The molecule has 0 saturated heterocycles. The Morgan fingerprint density at radius 2 is 1.82 bits per heavy atom. The number of nitrogens with one attached hydrogen (secondary N) is 3. The van der Waals surface area contributed by atoms with Crippen LogP contribution >= 0.6 is 28.1 Å². The molecule has 3 rings (SSSR count). The highest BCUT2D eigenvalue weighted by molar-refractivity contribution is 9.10. The minimum absolute atomic E-state index is 0.155. The molecule has 2 aromatic rings. The molecule has 1 atom stereocenters. The molecule has 10 heteroatoms. The number of carbonyl (C=O) groups is 2. The van der Waals surface area contributed by atoms with Gasteiger partial charge in [0.05, 0.1) is 23.9 Å². The second-order valence-electron chi connectivity index (χ2n) is 7.25. The van der Waals surface area contributed by atoms with Crippen LogP contribution in [0.15, 0.2) is 64.3 Å². The third kappa shape index (κ3) is 6.10. The average Bonchev–Trinajstić information content (AvgIpc) is 2.79. The molecule has 2 amide bonds. The lowest BCUT2D eigenvalue weighted by Gasteiger charge is -2.35. The molecule has 1 heterocycles. The van der Waals surface area contributed by atoms with E-state index in [9.17, 15) is 9.59 Å². The number of allylic oxidation sites excluding steroid dienone is 1. The lowest BCUT2D eigenvalue weighted by Crippen LogP contribution is -2.46. The topological polar surface area (TPSA) is 91.9 Å². The molecule has 0 spiro atoms. The summed E-state index contributed by atoms with van der Waals surface area (Å²) in [6.45, 7) is 2.30. The normalized spacial score (nSPS) is 15.7. The van der Waals surface area contributed by atoms with Crippen molar-refractivity contribution in [3.8, 4) is 0 Å². The summed E-state index contributed by atoms with van der Waals surface area (Å²) in [7, 11) is 3.34. The summed E-state index contributed by atoms with van der Waals surface area (Å²) in [4.78, 5) is 26.9. The zero-order valence-electron chi connectivity index (χ0n) is 18.5. The van der Waals surface area contributed by atoms with E-state index in [4.69, 9.17) is 21.7 Å².